The van der Waals surface area contributed by atoms with Crippen LogP contribution in [0.5, 0.6) is 11.5 Å². The Morgan fingerprint density at radius 2 is 1.23 bits per heavy atom. The molecule has 0 amide bonds. The van der Waals surface area contributed by atoms with Crippen LogP contribution in [0.25, 0.3) is 0 Å². The maximum Gasteiger partial charge on any atom is 0.376 e. The molecular formula is C19H24F2N2O10P2. The van der Waals surface area contributed by atoms with Gasteiger partial charge in [-0.15, -0.1) is 0 Å². The molecule has 16 heteroatoms. The number of alkyl halides is 2. The molecular weight excluding hydrogens is 516 g/mol. The fraction of sp³-hybridized carbons (Fsp3) is 0.368. The molecule has 2 aromatic carbocycles. The normalized spacial score (nSPS) is 14.9. The average molecular weight is 540 g/mol. The molecule has 2 aromatic rings. The van der Waals surface area contributed by atoms with Gasteiger partial charge in [-0.2, -0.15) is 0 Å². The van der Waals surface area contributed by atoms with E-state index in [1.807, 2.05) is 0 Å². The first kappa shape index (κ1) is 30.1. The van der Waals surface area contributed by atoms with Crippen molar-refractivity contribution < 1.29 is 45.9 Å². The Morgan fingerprint density at radius 3 is 1.57 bits per heavy atom. The van der Waals surface area contributed by atoms with Gasteiger partial charge in [0, 0.05) is 37.6 Å². The second-order valence-electron chi connectivity index (χ2n) is 6.82. The van der Waals surface area contributed by atoms with Crippen LogP contribution in [0.4, 0.5) is 20.2 Å². The van der Waals surface area contributed by atoms with Crippen molar-refractivity contribution in [1.82, 2.24) is 0 Å². The molecule has 0 radical (unpaired) electrons. The van der Waals surface area contributed by atoms with E-state index in [0.29, 0.717) is 0 Å². The molecule has 0 bridgehead atoms. The monoisotopic (exact) mass is 540 g/mol. The lowest BCUT2D eigenvalue weighted by Gasteiger charge is -2.17. The Balaban J connectivity index is 0.000000351. The number of non-ortho nitro benzene ring substituents is 2. The van der Waals surface area contributed by atoms with E-state index in [2.05, 4.69) is 4.52 Å². The number of hydrogen-bond donors (Lipinski definition) is 0. The molecule has 194 valence electrons. The second kappa shape index (κ2) is 13.8. The fourth-order valence-corrected chi connectivity index (χ4v) is 4.46. The first-order valence-corrected chi connectivity index (χ1v) is 13.7. The molecule has 0 saturated heterocycles. The zero-order valence-corrected chi connectivity index (χ0v) is 20.7. The van der Waals surface area contributed by atoms with Crippen LogP contribution in [0.3, 0.4) is 0 Å². The van der Waals surface area contributed by atoms with Crippen LogP contribution in [-0.4, -0.2) is 49.2 Å². The minimum absolute atomic E-state index is 0.104. The Kier molecular flexibility index (Phi) is 11.9. The highest BCUT2D eigenvalue weighted by Crippen LogP contribution is 2.46. The number of nitrogens with zero attached hydrogens (tertiary/aromatic N) is 2. The van der Waals surface area contributed by atoms with Crippen molar-refractivity contribution >= 4 is 26.6 Å². The van der Waals surface area contributed by atoms with Crippen LogP contribution in [0, 0.1) is 20.2 Å². The van der Waals surface area contributed by atoms with Crippen molar-refractivity contribution in [2.75, 3.05) is 33.3 Å². The Hall–Kier alpha value is -2.92. The van der Waals surface area contributed by atoms with Crippen LogP contribution < -0.4 is 9.05 Å². The van der Waals surface area contributed by atoms with E-state index in [1.54, 1.807) is 0 Å². The number of hydrogen-bond acceptors (Lipinski definition) is 10. The molecule has 35 heavy (non-hydrogen) atoms. The van der Waals surface area contributed by atoms with Crippen molar-refractivity contribution in [3.8, 4) is 11.5 Å². The molecule has 0 aliphatic heterocycles. The van der Waals surface area contributed by atoms with Gasteiger partial charge < -0.3 is 9.05 Å². The average Bonchev–Trinajstić information content (AvgIpc) is 2.78. The Labute approximate surface area is 199 Å². The van der Waals surface area contributed by atoms with Gasteiger partial charge >= 0.3 is 15.2 Å². The summed E-state index contributed by atoms with van der Waals surface area (Å²) in [4.78, 5) is 19.7. The number of rotatable bonds is 12. The van der Waals surface area contributed by atoms with Crippen LogP contribution in [0.1, 0.15) is 6.92 Å². The highest BCUT2D eigenvalue weighted by molar-refractivity contribution is 7.53. The van der Waals surface area contributed by atoms with Gasteiger partial charge in [0.25, 0.3) is 11.4 Å². The van der Waals surface area contributed by atoms with Gasteiger partial charge in [0.05, 0.1) is 22.6 Å². The molecule has 3 atom stereocenters. The summed E-state index contributed by atoms with van der Waals surface area (Å²) in [6.07, 6.45) is -0.834. The minimum atomic E-state index is -3.44. The number of halogens is 2. The summed E-state index contributed by atoms with van der Waals surface area (Å²) in [6, 6.07) is 10.1. The summed E-state index contributed by atoms with van der Waals surface area (Å²) in [6.45, 7) is 1.98. The zero-order chi connectivity index (χ0) is 26.6. The van der Waals surface area contributed by atoms with E-state index in [0.717, 1.165) is 0 Å². The smallest absolute Gasteiger partial charge is 0.376 e. The van der Waals surface area contributed by atoms with Gasteiger partial charge in [0.2, 0.25) is 0 Å². The van der Waals surface area contributed by atoms with E-state index >= 15 is 0 Å². The number of nitro groups is 2. The van der Waals surface area contributed by atoms with Crippen LogP contribution in [0.2, 0.25) is 0 Å². The summed E-state index contributed by atoms with van der Waals surface area (Å²) >= 11 is 0. The summed E-state index contributed by atoms with van der Waals surface area (Å²) in [5.41, 5.74) is -0.209. The van der Waals surface area contributed by atoms with Crippen molar-refractivity contribution in [2.24, 2.45) is 0 Å². The Morgan fingerprint density at radius 1 is 0.829 bits per heavy atom. The zero-order valence-electron chi connectivity index (χ0n) is 18.9. The minimum Gasteiger partial charge on any atom is -0.425 e. The molecule has 0 aromatic heterocycles. The third kappa shape index (κ3) is 11.9. The van der Waals surface area contributed by atoms with E-state index in [1.165, 1.54) is 68.8 Å². The molecule has 3 unspecified atom stereocenters. The van der Waals surface area contributed by atoms with Crippen LogP contribution in [-0.2, 0) is 18.2 Å². The standard InChI is InChI=1S/C10H13FNO5P.C9H11FNO5P/c1-8(7-11)16-18(2,15)17-10-5-3-9(4-6-10)12(13)14;1-17(14,15-7-6-10)16-9-4-2-8(3-5-9)11(12)13/h3-6,8H,7H2,1-2H3;2-5H,6-7H2,1H3. The molecule has 0 heterocycles. The molecule has 12 nitrogen and oxygen atoms in total. The second-order valence-corrected chi connectivity index (χ2v) is 10.7. The molecule has 0 spiro atoms. The van der Waals surface area contributed by atoms with Crippen molar-refractivity contribution in [3.05, 3.63) is 68.8 Å². The summed E-state index contributed by atoms with van der Waals surface area (Å²) in [5.74, 6) is 0.331. The predicted molar refractivity (Wildman–Crippen MR) is 123 cm³/mol. The summed E-state index contributed by atoms with van der Waals surface area (Å²) < 4.78 is 67.1. The maximum absolute atomic E-state index is 12.2. The topological polar surface area (TPSA) is 157 Å². The largest absolute Gasteiger partial charge is 0.425 e. The predicted octanol–water partition coefficient (Wildman–Crippen LogP) is 5.95. The molecule has 0 saturated carbocycles. The number of nitro benzene ring substituents is 2. The quantitative estimate of drug-likeness (QED) is 0.179. The SMILES string of the molecule is CC(CF)OP(C)(=O)Oc1ccc([N+](=O)[O-])cc1.CP(=O)(OCCF)Oc1ccc([N+](=O)[O-])cc1. The first-order chi connectivity index (χ1) is 16.3. The lowest BCUT2D eigenvalue weighted by Crippen LogP contribution is -2.10. The van der Waals surface area contributed by atoms with Gasteiger partial charge in [-0.1, -0.05) is 0 Å². The maximum atomic E-state index is 12.2. The highest BCUT2D eigenvalue weighted by Gasteiger charge is 2.22. The van der Waals surface area contributed by atoms with E-state index in [9.17, 15) is 38.1 Å². The van der Waals surface area contributed by atoms with Gasteiger partial charge in [0.15, 0.2) is 0 Å². The molecule has 2 rings (SSSR count). The summed E-state index contributed by atoms with van der Waals surface area (Å²) in [7, 11) is -6.82. The van der Waals surface area contributed by atoms with E-state index in [-0.39, 0.29) is 29.5 Å². The lowest BCUT2D eigenvalue weighted by atomic mass is 10.3. The van der Waals surface area contributed by atoms with Crippen molar-refractivity contribution in [1.29, 1.82) is 0 Å². The van der Waals surface area contributed by atoms with Gasteiger partial charge in [-0.05, 0) is 31.2 Å². The van der Waals surface area contributed by atoms with Gasteiger partial charge in [-0.25, -0.2) is 17.9 Å². The van der Waals surface area contributed by atoms with Gasteiger partial charge in [-0.3, -0.25) is 29.3 Å². The van der Waals surface area contributed by atoms with Gasteiger partial charge in [0.1, 0.15) is 24.8 Å². The summed E-state index contributed by atoms with van der Waals surface area (Å²) in [5, 5.41) is 20.8. The lowest BCUT2D eigenvalue weighted by molar-refractivity contribution is -0.385. The number of benzene rings is 2. The van der Waals surface area contributed by atoms with Crippen molar-refractivity contribution in [2.45, 2.75) is 13.0 Å². The third-order valence-electron chi connectivity index (χ3n) is 3.63. The van der Waals surface area contributed by atoms with E-state index in [4.69, 9.17) is 13.6 Å². The third-order valence-corrected chi connectivity index (χ3v) is 6.11. The van der Waals surface area contributed by atoms with Crippen LogP contribution >= 0.6 is 15.2 Å². The van der Waals surface area contributed by atoms with E-state index < -0.39 is 44.5 Å². The molecule has 0 aliphatic carbocycles. The van der Waals surface area contributed by atoms with Crippen LogP contribution in [0.15, 0.2) is 48.5 Å². The molecule has 0 fully saturated rings. The van der Waals surface area contributed by atoms with Crippen molar-refractivity contribution in [3.63, 3.8) is 0 Å². The first-order valence-electron chi connectivity index (χ1n) is 9.76. The highest BCUT2D eigenvalue weighted by atomic mass is 31.2. The molecule has 0 N–H and O–H groups in total. The fourth-order valence-electron chi connectivity index (χ4n) is 2.24. The Bertz CT molecular complexity index is 1070. The molecule has 0 aliphatic rings.